The summed E-state index contributed by atoms with van der Waals surface area (Å²) in [7, 11) is 3.60. The molecule has 1 fully saturated rings. The topological polar surface area (TPSA) is 41.6 Å². The standard InChI is InChI=1S/C13H26N2O2.ClH/c1-11-6-4-5-7-12(11)15(2)13(16)10-14-8-9-17-3;/h11-12,14H,4-10H2,1-3H3;1H. The van der Waals surface area contributed by atoms with Crippen LogP contribution in [0.3, 0.4) is 0 Å². The molecule has 0 spiro atoms. The normalized spacial score (nSPS) is 23.3. The van der Waals surface area contributed by atoms with Crippen molar-refractivity contribution in [2.75, 3.05) is 33.9 Å². The lowest BCUT2D eigenvalue weighted by molar-refractivity contribution is -0.132. The molecule has 0 aromatic rings. The van der Waals surface area contributed by atoms with Gasteiger partial charge in [-0.1, -0.05) is 19.8 Å². The third-order valence-corrected chi connectivity index (χ3v) is 3.72. The summed E-state index contributed by atoms with van der Waals surface area (Å²) in [5, 5.41) is 3.10. The number of carbonyl (C=O) groups excluding carboxylic acids is 1. The van der Waals surface area contributed by atoms with Gasteiger partial charge >= 0.3 is 0 Å². The first kappa shape index (κ1) is 17.7. The molecule has 0 radical (unpaired) electrons. The average molecular weight is 279 g/mol. The van der Waals surface area contributed by atoms with Crippen LogP contribution in [0.4, 0.5) is 0 Å². The lowest BCUT2D eigenvalue weighted by Crippen LogP contribution is -2.46. The van der Waals surface area contributed by atoms with Crippen LogP contribution in [0.5, 0.6) is 0 Å². The monoisotopic (exact) mass is 278 g/mol. The number of carbonyl (C=O) groups is 1. The van der Waals surface area contributed by atoms with Crippen molar-refractivity contribution in [3.8, 4) is 0 Å². The molecule has 18 heavy (non-hydrogen) atoms. The van der Waals surface area contributed by atoms with E-state index in [-0.39, 0.29) is 18.3 Å². The smallest absolute Gasteiger partial charge is 0.236 e. The Morgan fingerprint density at radius 3 is 2.67 bits per heavy atom. The van der Waals surface area contributed by atoms with Crippen molar-refractivity contribution in [2.45, 2.75) is 38.6 Å². The molecule has 1 rings (SSSR count). The van der Waals surface area contributed by atoms with Crippen LogP contribution < -0.4 is 5.32 Å². The number of hydrogen-bond donors (Lipinski definition) is 1. The Bertz CT molecular complexity index is 239. The van der Waals surface area contributed by atoms with Crippen LogP contribution in [-0.2, 0) is 9.53 Å². The summed E-state index contributed by atoms with van der Waals surface area (Å²) in [6.07, 6.45) is 4.97. The van der Waals surface area contributed by atoms with Gasteiger partial charge in [-0.05, 0) is 18.8 Å². The third kappa shape index (κ3) is 5.55. The molecule has 0 heterocycles. The molecule has 0 aromatic heterocycles. The van der Waals surface area contributed by atoms with Gasteiger partial charge in [-0.15, -0.1) is 12.4 Å². The summed E-state index contributed by atoms with van der Waals surface area (Å²) in [5.74, 6) is 0.830. The maximum atomic E-state index is 12.0. The maximum Gasteiger partial charge on any atom is 0.236 e. The third-order valence-electron chi connectivity index (χ3n) is 3.72. The predicted octanol–water partition coefficient (Wildman–Crippen LogP) is 1.68. The number of hydrogen-bond acceptors (Lipinski definition) is 3. The highest BCUT2D eigenvalue weighted by molar-refractivity contribution is 5.85. The van der Waals surface area contributed by atoms with Gasteiger partial charge in [0.05, 0.1) is 13.2 Å². The average Bonchev–Trinajstić information content (AvgIpc) is 2.34. The number of likely N-dealkylation sites (N-methyl/N-ethyl adjacent to an activating group) is 1. The van der Waals surface area contributed by atoms with Gasteiger partial charge in [0.15, 0.2) is 0 Å². The minimum atomic E-state index is 0. The summed E-state index contributed by atoms with van der Waals surface area (Å²) < 4.78 is 4.93. The molecule has 0 aliphatic heterocycles. The van der Waals surface area contributed by atoms with E-state index < -0.39 is 0 Å². The number of rotatable bonds is 6. The van der Waals surface area contributed by atoms with E-state index in [1.807, 2.05) is 11.9 Å². The van der Waals surface area contributed by atoms with Crippen LogP contribution in [0, 0.1) is 5.92 Å². The minimum absolute atomic E-state index is 0. The first-order valence-corrected chi connectivity index (χ1v) is 6.62. The Morgan fingerprint density at radius 1 is 1.39 bits per heavy atom. The number of methoxy groups -OCH3 is 1. The van der Waals surface area contributed by atoms with Gasteiger partial charge in [-0.2, -0.15) is 0 Å². The molecule has 0 bridgehead atoms. The Balaban J connectivity index is 0.00000289. The quantitative estimate of drug-likeness (QED) is 0.752. The van der Waals surface area contributed by atoms with Gasteiger partial charge in [0, 0.05) is 26.7 Å². The number of ether oxygens (including phenoxy) is 1. The van der Waals surface area contributed by atoms with Gasteiger partial charge < -0.3 is 15.0 Å². The number of nitrogens with zero attached hydrogens (tertiary/aromatic N) is 1. The molecule has 1 aliphatic carbocycles. The number of halogens is 1. The molecule has 4 nitrogen and oxygen atoms in total. The van der Waals surface area contributed by atoms with Gasteiger partial charge in [-0.3, -0.25) is 4.79 Å². The van der Waals surface area contributed by atoms with Gasteiger partial charge in [0.25, 0.3) is 0 Å². The van der Waals surface area contributed by atoms with Crippen molar-refractivity contribution in [1.29, 1.82) is 0 Å². The molecular formula is C13H27ClN2O2. The van der Waals surface area contributed by atoms with Crippen molar-refractivity contribution >= 4 is 18.3 Å². The maximum absolute atomic E-state index is 12.0. The van der Waals surface area contributed by atoms with Crippen LogP contribution in [-0.4, -0.2) is 50.7 Å². The summed E-state index contributed by atoms with van der Waals surface area (Å²) in [6.45, 7) is 4.06. The van der Waals surface area contributed by atoms with Crippen molar-refractivity contribution in [1.82, 2.24) is 10.2 Å². The molecule has 5 heteroatoms. The SMILES string of the molecule is COCCNCC(=O)N(C)C1CCCCC1C.Cl. The highest BCUT2D eigenvalue weighted by atomic mass is 35.5. The molecule has 0 saturated heterocycles. The highest BCUT2D eigenvalue weighted by Crippen LogP contribution is 2.27. The van der Waals surface area contributed by atoms with Crippen LogP contribution in [0.2, 0.25) is 0 Å². The molecule has 0 aromatic carbocycles. The molecule has 1 saturated carbocycles. The predicted molar refractivity (Wildman–Crippen MR) is 76.2 cm³/mol. The van der Waals surface area contributed by atoms with Crippen LogP contribution in [0.25, 0.3) is 0 Å². The molecule has 108 valence electrons. The van der Waals surface area contributed by atoms with E-state index in [0.29, 0.717) is 25.1 Å². The van der Waals surface area contributed by atoms with E-state index in [2.05, 4.69) is 12.2 Å². The summed E-state index contributed by atoms with van der Waals surface area (Å²) in [5.41, 5.74) is 0. The number of nitrogens with one attached hydrogen (secondary N) is 1. The zero-order valence-corrected chi connectivity index (χ0v) is 12.6. The van der Waals surface area contributed by atoms with E-state index in [1.165, 1.54) is 19.3 Å². The first-order chi connectivity index (χ1) is 8.16. The van der Waals surface area contributed by atoms with Gasteiger partial charge in [-0.25, -0.2) is 0 Å². The molecule has 2 unspecified atom stereocenters. The Labute approximate surface area is 117 Å². The van der Waals surface area contributed by atoms with Gasteiger partial charge in [0.1, 0.15) is 0 Å². The lowest BCUT2D eigenvalue weighted by Gasteiger charge is -2.36. The summed E-state index contributed by atoms with van der Waals surface area (Å²) in [4.78, 5) is 13.9. The largest absolute Gasteiger partial charge is 0.383 e. The zero-order valence-electron chi connectivity index (χ0n) is 11.8. The molecule has 2 atom stereocenters. The van der Waals surface area contributed by atoms with Gasteiger partial charge in [0.2, 0.25) is 5.91 Å². The van der Waals surface area contributed by atoms with Crippen LogP contribution >= 0.6 is 12.4 Å². The molecule has 1 N–H and O–H groups in total. The second-order valence-electron chi connectivity index (χ2n) is 5.00. The fraction of sp³-hybridized carbons (Fsp3) is 0.923. The highest BCUT2D eigenvalue weighted by Gasteiger charge is 2.27. The fourth-order valence-corrected chi connectivity index (χ4v) is 2.55. The zero-order chi connectivity index (χ0) is 12.7. The van der Waals surface area contributed by atoms with E-state index >= 15 is 0 Å². The Hall–Kier alpha value is -0.320. The van der Waals surface area contributed by atoms with E-state index in [9.17, 15) is 4.79 Å². The lowest BCUT2D eigenvalue weighted by atomic mass is 9.85. The van der Waals surface area contributed by atoms with Crippen molar-refractivity contribution in [2.24, 2.45) is 5.92 Å². The molecule has 1 aliphatic rings. The Morgan fingerprint density at radius 2 is 2.06 bits per heavy atom. The van der Waals surface area contributed by atoms with Crippen LogP contribution in [0.1, 0.15) is 32.6 Å². The fourth-order valence-electron chi connectivity index (χ4n) is 2.55. The van der Waals surface area contributed by atoms with Crippen molar-refractivity contribution < 1.29 is 9.53 Å². The van der Waals surface area contributed by atoms with E-state index in [4.69, 9.17) is 4.74 Å². The second-order valence-corrected chi connectivity index (χ2v) is 5.00. The van der Waals surface area contributed by atoms with E-state index in [1.54, 1.807) is 7.11 Å². The number of amides is 1. The molecular weight excluding hydrogens is 252 g/mol. The Kier molecular flexibility index (Phi) is 9.42. The molecule has 1 amide bonds. The van der Waals surface area contributed by atoms with E-state index in [0.717, 1.165) is 13.0 Å². The van der Waals surface area contributed by atoms with Crippen molar-refractivity contribution in [3.05, 3.63) is 0 Å². The second kappa shape index (κ2) is 9.59. The first-order valence-electron chi connectivity index (χ1n) is 6.62. The summed E-state index contributed by atoms with van der Waals surface area (Å²) in [6, 6.07) is 0.431. The summed E-state index contributed by atoms with van der Waals surface area (Å²) >= 11 is 0. The van der Waals surface area contributed by atoms with Crippen LogP contribution in [0.15, 0.2) is 0 Å². The minimum Gasteiger partial charge on any atom is -0.383 e. The van der Waals surface area contributed by atoms with Crippen molar-refractivity contribution in [3.63, 3.8) is 0 Å².